The summed E-state index contributed by atoms with van der Waals surface area (Å²) in [4.78, 5) is 24.4. The summed E-state index contributed by atoms with van der Waals surface area (Å²) in [5.74, 6) is -0.150. The first-order valence-corrected chi connectivity index (χ1v) is 24.9. The van der Waals surface area contributed by atoms with Gasteiger partial charge < -0.3 is 20.3 Å². The number of amides is 1. The van der Waals surface area contributed by atoms with E-state index in [2.05, 4.69) is 55.6 Å². The quantitative estimate of drug-likeness (QED) is 0.0323. The Morgan fingerprint density at radius 2 is 0.862 bits per heavy atom. The van der Waals surface area contributed by atoms with Crippen molar-refractivity contribution in [1.82, 2.24) is 5.32 Å². The van der Waals surface area contributed by atoms with Gasteiger partial charge in [-0.1, -0.05) is 191 Å². The van der Waals surface area contributed by atoms with Gasteiger partial charge in [-0.3, -0.25) is 9.59 Å². The van der Waals surface area contributed by atoms with Crippen LogP contribution in [0.15, 0.2) is 48.6 Å². The number of carbonyl (C=O) groups is 2. The minimum atomic E-state index is -0.866. The smallest absolute Gasteiger partial charge is 0.305 e. The molecule has 0 heterocycles. The monoisotopic (exact) mass is 814 g/mol. The van der Waals surface area contributed by atoms with Crippen molar-refractivity contribution in [2.24, 2.45) is 0 Å². The Morgan fingerprint density at radius 3 is 1.36 bits per heavy atom. The third-order valence-corrected chi connectivity index (χ3v) is 11.1. The molecule has 6 heteroatoms. The SMILES string of the molecule is CCCCC/C=C\C/C=C\CCCCCCCCCCCC(=O)OCCCC/C=C\CCCCCCC(=O)NC(CO)C(O)/C=C/CCCCCCCCCCCC. The highest BCUT2D eigenvalue weighted by atomic mass is 16.5. The summed E-state index contributed by atoms with van der Waals surface area (Å²) >= 11 is 0. The number of rotatable bonds is 45. The van der Waals surface area contributed by atoms with E-state index in [4.69, 9.17) is 4.74 Å². The molecule has 0 aromatic carbocycles. The zero-order valence-electron chi connectivity index (χ0n) is 38.3. The number of carbonyl (C=O) groups excluding carboxylic acids is 2. The van der Waals surface area contributed by atoms with Gasteiger partial charge in [-0.05, 0) is 89.9 Å². The van der Waals surface area contributed by atoms with Crippen LogP contribution in [0.25, 0.3) is 0 Å². The van der Waals surface area contributed by atoms with E-state index in [0.29, 0.717) is 19.4 Å². The Hall–Kier alpha value is -2.18. The first-order chi connectivity index (χ1) is 28.5. The number of ether oxygens (including phenoxy) is 1. The van der Waals surface area contributed by atoms with E-state index in [1.807, 2.05) is 6.08 Å². The number of unbranched alkanes of at least 4 members (excludes halogenated alkanes) is 28. The third-order valence-electron chi connectivity index (χ3n) is 11.1. The molecule has 1 amide bonds. The highest BCUT2D eigenvalue weighted by Gasteiger charge is 2.18. The first kappa shape index (κ1) is 55.8. The molecule has 0 spiro atoms. The minimum absolute atomic E-state index is 0.0435. The fraction of sp³-hybridized carbons (Fsp3) is 0.808. The van der Waals surface area contributed by atoms with E-state index in [1.165, 1.54) is 135 Å². The number of hydrogen-bond acceptors (Lipinski definition) is 5. The third kappa shape index (κ3) is 43.4. The number of aliphatic hydroxyl groups excluding tert-OH is 2. The van der Waals surface area contributed by atoms with Crippen molar-refractivity contribution in [2.75, 3.05) is 13.2 Å². The number of aliphatic hydroxyl groups is 2. The predicted octanol–water partition coefficient (Wildman–Crippen LogP) is 14.7. The zero-order chi connectivity index (χ0) is 42.3. The first-order valence-electron chi connectivity index (χ1n) is 24.9. The molecule has 0 aliphatic rings. The van der Waals surface area contributed by atoms with Gasteiger partial charge in [0.1, 0.15) is 0 Å². The molecule has 0 aliphatic heterocycles. The summed E-state index contributed by atoms with van der Waals surface area (Å²) in [6, 6.07) is -0.653. The van der Waals surface area contributed by atoms with Crippen LogP contribution < -0.4 is 5.32 Å². The lowest BCUT2D eigenvalue weighted by atomic mass is 10.1. The summed E-state index contributed by atoms with van der Waals surface area (Å²) in [6.45, 7) is 4.76. The van der Waals surface area contributed by atoms with E-state index in [1.54, 1.807) is 6.08 Å². The summed E-state index contributed by atoms with van der Waals surface area (Å²) in [6.07, 6.45) is 58.2. The second-order valence-electron chi connectivity index (χ2n) is 16.8. The van der Waals surface area contributed by atoms with E-state index in [0.717, 1.165) is 83.5 Å². The molecule has 58 heavy (non-hydrogen) atoms. The second kappa shape index (κ2) is 47.5. The molecule has 0 bridgehead atoms. The van der Waals surface area contributed by atoms with Gasteiger partial charge in [0, 0.05) is 12.8 Å². The molecule has 338 valence electrons. The van der Waals surface area contributed by atoms with Gasteiger partial charge in [-0.25, -0.2) is 0 Å². The molecular formula is C52H95NO5. The standard InChI is InChI=1S/C52H95NO5/c1-3-5-7-9-11-13-15-17-18-19-20-21-22-23-25-30-34-38-42-46-52(57)58-47-43-39-35-31-27-26-29-33-37-41-45-51(56)53-49(48-54)50(55)44-40-36-32-28-24-16-14-12-10-8-6-4-2/h11,13,17-18,27,31,40,44,49-50,54-55H,3-10,12,14-16,19-26,28-30,32-39,41-43,45-48H2,1-2H3,(H,53,56)/b13-11-,18-17-,31-27-,44-40+. The van der Waals surface area contributed by atoms with Crippen molar-refractivity contribution in [2.45, 2.75) is 257 Å². The molecule has 0 aromatic rings. The van der Waals surface area contributed by atoms with Crippen LogP contribution in [0.2, 0.25) is 0 Å². The summed E-state index contributed by atoms with van der Waals surface area (Å²) < 4.78 is 5.44. The van der Waals surface area contributed by atoms with E-state index >= 15 is 0 Å². The lowest BCUT2D eigenvalue weighted by molar-refractivity contribution is -0.143. The van der Waals surface area contributed by atoms with Crippen LogP contribution >= 0.6 is 0 Å². The molecule has 0 rings (SSSR count). The van der Waals surface area contributed by atoms with Crippen molar-refractivity contribution >= 4 is 11.9 Å². The fourth-order valence-electron chi connectivity index (χ4n) is 7.18. The van der Waals surface area contributed by atoms with E-state index < -0.39 is 12.1 Å². The molecule has 0 fully saturated rings. The van der Waals surface area contributed by atoms with E-state index in [9.17, 15) is 19.8 Å². The molecule has 0 aromatic heterocycles. The predicted molar refractivity (Wildman–Crippen MR) is 250 cm³/mol. The highest BCUT2D eigenvalue weighted by Crippen LogP contribution is 2.14. The Balaban J connectivity index is 3.55. The van der Waals surface area contributed by atoms with E-state index in [-0.39, 0.29) is 18.5 Å². The Bertz CT molecular complexity index is 988. The summed E-state index contributed by atoms with van der Waals surface area (Å²) in [5.41, 5.74) is 0. The Kier molecular flexibility index (Phi) is 45.7. The molecule has 0 radical (unpaired) electrons. The lowest BCUT2D eigenvalue weighted by Crippen LogP contribution is -2.45. The number of hydrogen-bond donors (Lipinski definition) is 3. The van der Waals surface area contributed by atoms with Gasteiger partial charge in [-0.2, -0.15) is 0 Å². The number of allylic oxidation sites excluding steroid dienone is 7. The summed E-state index contributed by atoms with van der Waals surface area (Å²) in [7, 11) is 0. The average molecular weight is 814 g/mol. The number of nitrogens with one attached hydrogen (secondary N) is 1. The van der Waals surface area contributed by atoms with Crippen LogP contribution in [0, 0.1) is 0 Å². The molecule has 0 aliphatic carbocycles. The topological polar surface area (TPSA) is 95.9 Å². The maximum Gasteiger partial charge on any atom is 0.305 e. The van der Waals surface area contributed by atoms with Gasteiger partial charge in [0.15, 0.2) is 0 Å². The van der Waals surface area contributed by atoms with Crippen LogP contribution in [0.1, 0.15) is 245 Å². The maximum absolute atomic E-state index is 12.4. The van der Waals surface area contributed by atoms with Crippen LogP contribution in [0.3, 0.4) is 0 Å². The fourth-order valence-corrected chi connectivity index (χ4v) is 7.18. The zero-order valence-corrected chi connectivity index (χ0v) is 38.3. The van der Waals surface area contributed by atoms with Crippen molar-refractivity contribution in [3.05, 3.63) is 48.6 Å². The van der Waals surface area contributed by atoms with Gasteiger partial charge in [0.05, 0.1) is 25.4 Å². The molecule has 0 saturated carbocycles. The molecule has 6 nitrogen and oxygen atoms in total. The van der Waals surface area contributed by atoms with Gasteiger partial charge in [0.2, 0.25) is 5.91 Å². The van der Waals surface area contributed by atoms with Gasteiger partial charge in [0.25, 0.3) is 0 Å². The minimum Gasteiger partial charge on any atom is -0.466 e. The summed E-state index contributed by atoms with van der Waals surface area (Å²) in [5, 5.41) is 22.9. The second-order valence-corrected chi connectivity index (χ2v) is 16.8. The lowest BCUT2D eigenvalue weighted by Gasteiger charge is -2.20. The average Bonchev–Trinajstić information content (AvgIpc) is 3.22. The van der Waals surface area contributed by atoms with Crippen LogP contribution in [0.4, 0.5) is 0 Å². The maximum atomic E-state index is 12.4. The van der Waals surface area contributed by atoms with Gasteiger partial charge in [-0.15, -0.1) is 0 Å². The van der Waals surface area contributed by atoms with Crippen molar-refractivity contribution in [1.29, 1.82) is 0 Å². The van der Waals surface area contributed by atoms with Gasteiger partial charge >= 0.3 is 5.97 Å². The van der Waals surface area contributed by atoms with Crippen molar-refractivity contribution < 1.29 is 24.5 Å². The molecule has 3 N–H and O–H groups in total. The number of esters is 1. The van der Waals surface area contributed by atoms with Crippen molar-refractivity contribution in [3.63, 3.8) is 0 Å². The van der Waals surface area contributed by atoms with Crippen LogP contribution in [-0.4, -0.2) is 47.4 Å². The molecule has 2 atom stereocenters. The van der Waals surface area contributed by atoms with Crippen LogP contribution in [-0.2, 0) is 14.3 Å². The largest absolute Gasteiger partial charge is 0.466 e. The normalized spacial score (nSPS) is 13.1. The Morgan fingerprint density at radius 1 is 0.483 bits per heavy atom. The Labute approximate surface area is 359 Å². The molecular weight excluding hydrogens is 719 g/mol. The van der Waals surface area contributed by atoms with Crippen LogP contribution in [0.5, 0.6) is 0 Å². The highest BCUT2D eigenvalue weighted by molar-refractivity contribution is 5.76. The molecule has 0 saturated heterocycles. The van der Waals surface area contributed by atoms with Crippen molar-refractivity contribution in [3.8, 4) is 0 Å². The molecule has 2 unspecified atom stereocenters.